The van der Waals surface area contributed by atoms with Crippen LogP contribution >= 0.6 is 0 Å². The van der Waals surface area contributed by atoms with Gasteiger partial charge in [-0.05, 0) is 13.0 Å². The van der Waals surface area contributed by atoms with Crippen LogP contribution in [-0.4, -0.2) is 49.7 Å². The fourth-order valence-corrected chi connectivity index (χ4v) is 2.41. The van der Waals surface area contributed by atoms with E-state index in [2.05, 4.69) is 4.90 Å². The highest BCUT2D eigenvalue weighted by Gasteiger charge is 2.39. The van der Waals surface area contributed by atoms with Crippen molar-refractivity contribution in [2.45, 2.75) is 37.6 Å². The first kappa shape index (κ1) is 13.1. The number of likely N-dealkylation sites (tertiary alicyclic amines) is 1. The molecule has 3 nitrogen and oxygen atoms in total. The van der Waals surface area contributed by atoms with Crippen molar-refractivity contribution in [3.63, 3.8) is 0 Å². The van der Waals surface area contributed by atoms with Gasteiger partial charge in [-0.1, -0.05) is 0 Å². The van der Waals surface area contributed by atoms with Crippen molar-refractivity contribution < 1.29 is 22.6 Å². The van der Waals surface area contributed by atoms with Crippen LogP contribution in [0.1, 0.15) is 25.7 Å². The second-order valence-corrected chi connectivity index (χ2v) is 4.67. The molecule has 2 saturated heterocycles. The van der Waals surface area contributed by atoms with Crippen LogP contribution in [0.2, 0.25) is 0 Å². The number of alkyl halides is 3. The Hall–Kier alpha value is -0.330. The lowest BCUT2D eigenvalue weighted by Crippen LogP contribution is -2.45. The van der Waals surface area contributed by atoms with Crippen molar-refractivity contribution in [3.05, 3.63) is 0 Å². The zero-order valence-electron chi connectivity index (χ0n) is 9.76. The van der Waals surface area contributed by atoms with Crippen LogP contribution < -0.4 is 0 Å². The maximum absolute atomic E-state index is 12.0. The van der Waals surface area contributed by atoms with Gasteiger partial charge >= 0.3 is 6.18 Å². The van der Waals surface area contributed by atoms with Crippen molar-refractivity contribution >= 4 is 0 Å². The molecule has 2 fully saturated rings. The molecule has 1 spiro atoms. The van der Waals surface area contributed by atoms with Gasteiger partial charge in [0, 0.05) is 32.4 Å². The molecule has 0 atom stereocenters. The van der Waals surface area contributed by atoms with Crippen LogP contribution in [0, 0.1) is 0 Å². The molecular weight excluding hydrogens is 235 g/mol. The van der Waals surface area contributed by atoms with Gasteiger partial charge in [0.05, 0.1) is 13.2 Å². The summed E-state index contributed by atoms with van der Waals surface area (Å²) in [4.78, 5) is 2.06. The van der Waals surface area contributed by atoms with Crippen LogP contribution in [0.5, 0.6) is 0 Å². The molecule has 0 aromatic heterocycles. The van der Waals surface area contributed by atoms with E-state index in [4.69, 9.17) is 9.47 Å². The van der Waals surface area contributed by atoms with Crippen LogP contribution in [0.15, 0.2) is 0 Å². The minimum Gasteiger partial charge on any atom is -0.347 e. The van der Waals surface area contributed by atoms with Gasteiger partial charge in [0.2, 0.25) is 0 Å². The van der Waals surface area contributed by atoms with E-state index in [9.17, 15) is 13.2 Å². The smallest absolute Gasteiger partial charge is 0.347 e. The second-order valence-electron chi connectivity index (χ2n) is 4.67. The standard InChI is InChI=1S/C11H18F3NO2/c12-11(13,14)2-1-5-15-6-3-10(4-7-15)16-8-9-17-10/h1-9H2. The van der Waals surface area contributed by atoms with Crippen LogP contribution in [0.4, 0.5) is 13.2 Å². The number of nitrogens with zero attached hydrogens (tertiary/aromatic N) is 1. The Bertz CT molecular complexity index is 242. The maximum Gasteiger partial charge on any atom is 0.389 e. The molecular formula is C11H18F3NO2. The van der Waals surface area contributed by atoms with Gasteiger partial charge < -0.3 is 14.4 Å². The Labute approximate surface area is 98.9 Å². The summed E-state index contributed by atoms with van der Waals surface area (Å²) < 4.78 is 47.1. The molecule has 0 radical (unpaired) electrons. The predicted octanol–water partition coefficient (Wildman–Crippen LogP) is 2.17. The minimum absolute atomic E-state index is 0.179. The fraction of sp³-hybridized carbons (Fsp3) is 1.00. The predicted molar refractivity (Wildman–Crippen MR) is 55.6 cm³/mol. The van der Waals surface area contributed by atoms with Crippen LogP contribution in [-0.2, 0) is 9.47 Å². The van der Waals surface area contributed by atoms with E-state index in [1.807, 2.05) is 0 Å². The lowest BCUT2D eigenvalue weighted by Gasteiger charge is -2.37. The van der Waals surface area contributed by atoms with Crippen LogP contribution in [0.25, 0.3) is 0 Å². The van der Waals surface area contributed by atoms with Crippen molar-refractivity contribution in [3.8, 4) is 0 Å². The Kier molecular flexibility index (Phi) is 3.95. The van der Waals surface area contributed by atoms with E-state index in [-0.39, 0.29) is 6.42 Å². The third-order valence-electron chi connectivity index (χ3n) is 3.37. The monoisotopic (exact) mass is 253 g/mol. The van der Waals surface area contributed by atoms with Gasteiger partial charge in [-0.2, -0.15) is 13.2 Å². The molecule has 6 heteroatoms. The SMILES string of the molecule is FC(F)(F)CCCN1CCC2(CC1)OCCO2. The average molecular weight is 253 g/mol. The average Bonchev–Trinajstić information content (AvgIpc) is 2.68. The number of hydrogen-bond donors (Lipinski definition) is 0. The molecule has 0 aliphatic carbocycles. The number of rotatable bonds is 3. The van der Waals surface area contributed by atoms with E-state index in [1.54, 1.807) is 0 Å². The van der Waals surface area contributed by atoms with Crippen molar-refractivity contribution in [1.29, 1.82) is 0 Å². The second kappa shape index (κ2) is 5.12. The molecule has 0 unspecified atom stereocenters. The molecule has 2 heterocycles. The Morgan fingerprint density at radius 1 is 1.06 bits per heavy atom. The maximum atomic E-state index is 12.0. The number of hydrogen-bond acceptors (Lipinski definition) is 3. The third kappa shape index (κ3) is 3.82. The van der Waals surface area contributed by atoms with Gasteiger partial charge in [0.15, 0.2) is 5.79 Å². The highest BCUT2D eigenvalue weighted by molar-refractivity contribution is 4.82. The summed E-state index contributed by atoms with van der Waals surface area (Å²) in [5, 5.41) is 0. The largest absolute Gasteiger partial charge is 0.389 e. The molecule has 2 aliphatic heterocycles. The zero-order chi connectivity index (χ0) is 12.4. The summed E-state index contributed by atoms with van der Waals surface area (Å²) in [6.07, 6.45) is -3.02. The summed E-state index contributed by atoms with van der Waals surface area (Å²) in [5.74, 6) is -0.430. The van der Waals surface area contributed by atoms with Gasteiger partial charge in [0.25, 0.3) is 0 Å². The minimum atomic E-state index is -4.03. The van der Waals surface area contributed by atoms with Crippen molar-refractivity contribution in [2.24, 2.45) is 0 Å². The molecule has 0 bridgehead atoms. The number of piperidine rings is 1. The van der Waals surface area contributed by atoms with Gasteiger partial charge in [0.1, 0.15) is 0 Å². The van der Waals surface area contributed by atoms with E-state index in [0.717, 1.165) is 25.9 Å². The van der Waals surface area contributed by atoms with E-state index in [0.29, 0.717) is 19.8 Å². The molecule has 0 aromatic rings. The highest BCUT2D eigenvalue weighted by atomic mass is 19.4. The van der Waals surface area contributed by atoms with Gasteiger partial charge in [-0.3, -0.25) is 0 Å². The zero-order valence-corrected chi connectivity index (χ0v) is 9.76. The van der Waals surface area contributed by atoms with E-state index >= 15 is 0 Å². The number of ether oxygens (including phenoxy) is 2. The molecule has 0 aromatic carbocycles. The Morgan fingerprint density at radius 2 is 1.65 bits per heavy atom. The summed E-state index contributed by atoms with van der Waals surface area (Å²) in [6, 6.07) is 0. The lowest BCUT2D eigenvalue weighted by atomic mass is 10.0. The van der Waals surface area contributed by atoms with Gasteiger partial charge in [-0.25, -0.2) is 0 Å². The molecule has 2 aliphatic rings. The summed E-state index contributed by atoms with van der Waals surface area (Å²) in [7, 11) is 0. The molecule has 0 amide bonds. The summed E-state index contributed by atoms with van der Waals surface area (Å²) in [6.45, 7) is 3.30. The van der Waals surface area contributed by atoms with Crippen molar-refractivity contribution in [1.82, 2.24) is 4.90 Å². The molecule has 0 saturated carbocycles. The van der Waals surface area contributed by atoms with Gasteiger partial charge in [-0.15, -0.1) is 0 Å². The van der Waals surface area contributed by atoms with Crippen molar-refractivity contribution in [2.75, 3.05) is 32.8 Å². The molecule has 2 rings (SSSR count). The Balaban J connectivity index is 1.65. The fourth-order valence-electron chi connectivity index (χ4n) is 2.41. The normalized spacial score (nSPS) is 25.6. The van der Waals surface area contributed by atoms with E-state index < -0.39 is 18.4 Å². The van der Waals surface area contributed by atoms with Crippen LogP contribution in [0.3, 0.4) is 0 Å². The highest BCUT2D eigenvalue weighted by Crippen LogP contribution is 2.31. The number of halogens is 3. The van der Waals surface area contributed by atoms with E-state index in [1.165, 1.54) is 0 Å². The molecule has 17 heavy (non-hydrogen) atoms. The molecule has 100 valence electrons. The molecule has 0 N–H and O–H groups in total. The first-order valence-electron chi connectivity index (χ1n) is 6.06. The first-order valence-corrected chi connectivity index (χ1v) is 6.06. The summed E-state index contributed by atoms with van der Waals surface area (Å²) >= 11 is 0. The lowest BCUT2D eigenvalue weighted by molar-refractivity contribution is -0.186. The third-order valence-corrected chi connectivity index (χ3v) is 3.37. The summed E-state index contributed by atoms with van der Waals surface area (Å²) in [5.41, 5.74) is 0. The quantitative estimate of drug-likeness (QED) is 0.769. The topological polar surface area (TPSA) is 21.7 Å². The first-order chi connectivity index (χ1) is 7.99. The Morgan fingerprint density at radius 3 is 2.18 bits per heavy atom.